The molecule has 0 aliphatic heterocycles. The smallest absolute Gasteiger partial charge is 0.382 e. The summed E-state index contributed by atoms with van der Waals surface area (Å²) in [6, 6.07) is 9.93. The number of aliphatic hydroxyl groups is 1. The van der Waals surface area contributed by atoms with Crippen LogP contribution in [0.25, 0.3) is 11.4 Å². The molecule has 0 spiro atoms. The van der Waals surface area contributed by atoms with Gasteiger partial charge in [-0.2, -0.15) is 13.2 Å². The van der Waals surface area contributed by atoms with E-state index in [9.17, 15) is 27.5 Å². The molecule has 29 heavy (non-hydrogen) atoms. The average molecular weight is 495 g/mol. The highest BCUT2D eigenvalue weighted by molar-refractivity contribution is 9.10. The van der Waals surface area contributed by atoms with Gasteiger partial charge in [0.05, 0.1) is 13.1 Å². The molecule has 0 amide bonds. The Morgan fingerprint density at radius 3 is 2.41 bits per heavy atom. The predicted octanol–water partition coefficient (Wildman–Crippen LogP) is 4.24. The van der Waals surface area contributed by atoms with Crippen LogP contribution >= 0.6 is 27.5 Å². The molecule has 3 rings (SSSR count). The Morgan fingerprint density at radius 1 is 1.17 bits per heavy atom. The SMILES string of the molecule is O=c1n(Cc2cc(F)cc(Br)c2)nc(-c2ccc(Cl)cc2)n1CC(O)C(F)(F)F. The maximum atomic E-state index is 13.6. The zero-order valence-electron chi connectivity index (χ0n) is 14.5. The van der Waals surface area contributed by atoms with Crippen LogP contribution in [0, 0.1) is 5.82 Å². The summed E-state index contributed by atoms with van der Waals surface area (Å²) in [5.74, 6) is -0.627. The second-order valence-corrected chi connectivity index (χ2v) is 7.57. The van der Waals surface area contributed by atoms with E-state index < -0.39 is 30.3 Å². The standard InChI is InChI=1S/C18H13BrClF4N3O2/c19-12-5-10(6-14(21)7-12)8-27-17(29)26(9-15(28)18(22,23)24)16(25-27)11-1-3-13(20)4-2-11/h1-7,15,28H,8-9H2. The van der Waals surface area contributed by atoms with Gasteiger partial charge in [0, 0.05) is 15.1 Å². The van der Waals surface area contributed by atoms with E-state index in [2.05, 4.69) is 21.0 Å². The first-order valence-electron chi connectivity index (χ1n) is 8.18. The second-order valence-electron chi connectivity index (χ2n) is 6.22. The Morgan fingerprint density at radius 2 is 1.83 bits per heavy atom. The van der Waals surface area contributed by atoms with Gasteiger partial charge in [-0.15, -0.1) is 5.10 Å². The van der Waals surface area contributed by atoms with Gasteiger partial charge in [-0.3, -0.25) is 4.57 Å². The van der Waals surface area contributed by atoms with E-state index in [-0.39, 0.29) is 12.4 Å². The number of rotatable bonds is 5. The van der Waals surface area contributed by atoms with Crippen LogP contribution in [0.3, 0.4) is 0 Å². The lowest BCUT2D eigenvalue weighted by atomic mass is 10.2. The fourth-order valence-electron chi connectivity index (χ4n) is 2.67. The van der Waals surface area contributed by atoms with E-state index in [1.807, 2.05) is 0 Å². The van der Waals surface area contributed by atoms with Crippen molar-refractivity contribution in [1.82, 2.24) is 14.3 Å². The quantitative estimate of drug-likeness (QED) is 0.540. The highest BCUT2D eigenvalue weighted by Gasteiger charge is 2.39. The zero-order chi connectivity index (χ0) is 21.3. The highest BCUT2D eigenvalue weighted by Crippen LogP contribution is 2.24. The van der Waals surface area contributed by atoms with Crippen molar-refractivity contribution in [2.45, 2.75) is 25.4 Å². The number of aromatic nitrogens is 3. The minimum Gasteiger partial charge on any atom is -0.382 e. The molecule has 154 valence electrons. The first kappa shape index (κ1) is 21.5. The fourth-order valence-corrected chi connectivity index (χ4v) is 3.31. The molecule has 1 unspecified atom stereocenters. The minimum absolute atomic E-state index is 0.0783. The van der Waals surface area contributed by atoms with Crippen LogP contribution in [0.5, 0.6) is 0 Å². The Bertz CT molecular complexity index is 1060. The Hall–Kier alpha value is -2.17. The van der Waals surface area contributed by atoms with Crippen molar-refractivity contribution in [3.8, 4) is 11.4 Å². The van der Waals surface area contributed by atoms with Crippen molar-refractivity contribution < 1.29 is 22.7 Å². The molecule has 1 heterocycles. The minimum atomic E-state index is -4.91. The van der Waals surface area contributed by atoms with Gasteiger partial charge >= 0.3 is 11.9 Å². The number of hydrogen-bond donors (Lipinski definition) is 1. The summed E-state index contributed by atoms with van der Waals surface area (Å²) in [6.45, 7) is -1.21. The van der Waals surface area contributed by atoms with Crippen LogP contribution in [-0.2, 0) is 13.1 Å². The monoisotopic (exact) mass is 493 g/mol. The molecule has 3 aromatic rings. The number of benzene rings is 2. The Balaban J connectivity index is 2.07. The lowest BCUT2D eigenvalue weighted by Gasteiger charge is -2.15. The molecule has 11 heteroatoms. The molecular formula is C18H13BrClF4N3O2. The zero-order valence-corrected chi connectivity index (χ0v) is 16.8. The molecule has 1 N–H and O–H groups in total. The number of alkyl halides is 3. The van der Waals surface area contributed by atoms with Crippen molar-refractivity contribution >= 4 is 27.5 Å². The van der Waals surface area contributed by atoms with Crippen molar-refractivity contribution in [2.24, 2.45) is 0 Å². The maximum absolute atomic E-state index is 13.6. The predicted molar refractivity (Wildman–Crippen MR) is 102 cm³/mol. The first-order valence-corrected chi connectivity index (χ1v) is 9.35. The van der Waals surface area contributed by atoms with Gasteiger partial charge in [0.25, 0.3) is 0 Å². The topological polar surface area (TPSA) is 60.0 Å². The molecule has 0 fully saturated rings. The largest absolute Gasteiger partial charge is 0.416 e. The second kappa shape index (κ2) is 8.29. The number of nitrogens with zero attached hydrogens (tertiary/aromatic N) is 3. The van der Waals surface area contributed by atoms with Crippen molar-refractivity contribution in [3.05, 3.63) is 73.8 Å². The van der Waals surface area contributed by atoms with Crippen molar-refractivity contribution in [3.63, 3.8) is 0 Å². The van der Waals surface area contributed by atoms with Crippen molar-refractivity contribution in [1.29, 1.82) is 0 Å². The molecule has 0 aliphatic carbocycles. The lowest BCUT2D eigenvalue weighted by Crippen LogP contribution is -2.37. The van der Waals surface area contributed by atoms with Crippen LogP contribution < -0.4 is 5.69 Å². The third-order valence-electron chi connectivity index (χ3n) is 4.01. The van der Waals surface area contributed by atoms with E-state index in [4.69, 9.17) is 11.6 Å². The lowest BCUT2D eigenvalue weighted by molar-refractivity contribution is -0.207. The first-order chi connectivity index (χ1) is 13.5. The van der Waals surface area contributed by atoms with Gasteiger partial charge in [-0.05, 0) is 48.0 Å². The fraction of sp³-hybridized carbons (Fsp3) is 0.222. The van der Waals surface area contributed by atoms with Gasteiger partial charge in [-0.1, -0.05) is 27.5 Å². The highest BCUT2D eigenvalue weighted by atomic mass is 79.9. The van der Waals surface area contributed by atoms with E-state index in [1.54, 1.807) is 6.07 Å². The summed E-state index contributed by atoms with van der Waals surface area (Å²) in [5.41, 5.74) is -0.165. The van der Waals surface area contributed by atoms with Gasteiger partial charge in [0.2, 0.25) is 0 Å². The number of aliphatic hydroxyl groups excluding tert-OH is 1. The Kier molecular flexibility index (Phi) is 6.16. The maximum Gasteiger partial charge on any atom is 0.416 e. The summed E-state index contributed by atoms with van der Waals surface area (Å²) < 4.78 is 54.2. The van der Waals surface area contributed by atoms with Gasteiger partial charge in [0.15, 0.2) is 11.9 Å². The normalized spacial score (nSPS) is 12.9. The molecule has 2 aromatic carbocycles. The van der Waals surface area contributed by atoms with Crippen LogP contribution in [0.1, 0.15) is 5.56 Å². The summed E-state index contributed by atoms with van der Waals surface area (Å²) in [4.78, 5) is 12.7. The molecule has 0 aliphatic rings. The molecule has 5 nitrogen and oxygen atoms in total. The van der Waals surface area contributed by atoms with Gasteiger partial charge < -0.3 is 5.11 Å². The van der Waals surface area contributed by atoms with Crippen LogP contribution in [-0.4, -0.2) is 31.7 Å². The molecule has 1 aromatic heterocycles. The summed E-state index contributed by atoms with van der Waals surface area (Å²) >= 11 is 8.97. The number of hydrogen-bond acceptors (Lipinski definition) is 3. The van der Waals surface area contributed by atoms with E-state index in [1.165, 1.54) is 36.4 Å². The number of halogens is 6. The van der Waals surface area contributed by atoms with Crippen LogP contribution in [0.2, 0.25) is 5.02 Å². The average Bonchev–Trinajstić information content (AvgIpc) is 2.90. The molecule has 0 bridgehead atoms. The third-order valence-corrected chi connectivity index (χ3v) is 4.72. The van der Waals surface area contributed by atoms with Gasteiger partial charge in [0.1, 0.15) is 5.82 Å². The molecule has 0 saturated heterocycles. The summed E-state index contributed by atoms with van der Waals surface area (Å²) in [6.07, 6.45) is -7.67. The van der Waals surface area contributed by atoms with Crippen LogP contribution in [0.4, 0.5) is 17.6 Å². The van der Waals surface area contributed by atoms with E-state index >= 15 is 0 Å². The third kappa shape index (κ3) is 5.06. The van der Waals surface area contributed by atoms with Crippen molar-refractivity contribution in [2.75, 3.05) is 0 Å². The van der Waals surface area contributed by atoms with E-state index in [0.717, 1.165) is 9.25 Å². The van der Waals surface area contributed by atoms with Gasteiger partial charge in [-0.25, -0.2) is 13.9 Å². The molecule has 0 radical (unpaired) electrons. The molecule has 0 saturated carbocycles. The summed E-state index contributed by atoms with van der Waals surface area (Å²) in [7, 11) is 0. The molecule has 1 atom stereocenters. The Labute approximate surface area is 175 Å². The van der Waals surface area contributed by atoms with E-state index in [0.29, 0.717) is 20.6 Å². The summed E-state index contributed by atoms with van der Waals surface area (Å²) in [5, 5.41) is 14.0. The van der Waals surface area contributed by atoms with Crippen LogP contribution in [0.15, 0.2) is 51.7 Å². The molecular weight excluding hydrogens is 482 g/mol.